The summed E-state index contributed by atoms with van der Waals surface area (Å²) in [6.07, 6.45) is 5.02. The molecule has 1 atom stereocenters. The summed E-state index contributed by atoms with van der Waals surface area (Å²) in [6, 6.07) is 6.68. The van der Waals surface area contributed by atoms with E-state index >= 15 is 0 Å². The summed E-state index contributed by atoms with van der Waals surface area (Å²) in [6.45, 7) is 9.43. The highest BCUT2D eigenvalue weighted by molar-refractivity contribution is 5.95. The Bertz CT molecular complexity index is 484. The van der Waals surface area contributed by atoms with Gasteiger partial charge in [0.05, 0.1) is 0 Å². The van der Waals surface area contributed by atoms with Gasteiger partial charge in [-0.15, -0.1) is 0 Å². The van der Waals surface area contributed by atoms with E-state index in [1.165, 1.54) is 31.4 Å². The SMILES string of the molecule is Cc1ccc(C(=O)NCCCN2CCCCC2C)c(C)c1. The van der Waals surface area contributed by atoms with Crippen molar-refractivity contribution in [2.75, 3.05) is 19.6 Å². The van der Waals surface area contributed by atoms with Gasteiger partial charge in [-0.2, -0.15) is 0 Å². The zero-order valence-corrected chi connectivity index (χ0v) is 13.6. The molecule has 1 heterocycles. The highest BCUT2D eigenvalue weighted by Gasteiger charge is 2.17. The van der Waals surface area contributed by atoms with Crippen LogP contribution in [0.1, 0.15) is 54.1 Å². The fourth-order valence-corrected chi connectivity index (χ4v) is 3.14. The smallest absolute Gasteiger partial charge is 0.251 e. The molecule has 2 rings (SSSR count). The van der Waals surface area contributed by atoms with Gasteiger partial charge < -0.3 is 10.2 Å². The molecule has 21 heavy (non-hydrogen) atoms. The average Bonchev–Trinajstić information content (AvgIpc) is 2.45. The van der Waals surface area contributed by atoms with Crippen LogP contribution in [0.3, 0.4) is 0 Å². The number of carbonyl (C=O) groups is 1. The van der Waals surface area contributed by atoms with E-state index in [2.05, 4.69) is 30.1 Å². The van der Waals surface area contributed by atoms with Crippen LogP contribution in [0, 0.1) is 13.8 Å². The zero-order valence-electron chi connectivity index (χ0n) is 13.6. The maximum Gasteiger partial charge on any atom is 0.251 e. The molecule has 3 heteroatoms. The van der Waals surface area contributed by atoms with Gasteiger partial charge in [-0.3, -0.25) is 4.79 Å². The molecule has 0 aliphatic carbocycles. The highest BCUT2D eigenvalue weighted by Crippen LogP contribution is 2.16. The number of benzene rings is 1. The number of hydrogen-bond acceptors (Lipinski definition) is 2. The normalized spacial score (nSPS) is 19.5. The lowest BCUT2D eigenvalue weighted by atomic mass is 10.0. The standard InChI is InChI=1S/C18H28N2O/c1-14-8-9-17(15(2)13-14)18(21)19-10-6-12-20-11-5-4-7-16(20)3/h8-9,13,16H,4-7,10-12H2,1-3H3,(H,19,21). The Kier molecular flexibility index (Phi) is 5.80. The van der Waals surface area contributed by atoms with Crippen molar-refractivity contribution in [2.24, 2.45) is 0 Å². The Morgan fingerprint density at radius 2 is 2.14 bits per heavy atom. The molecule has 0 bridgehead atoms. The van der Waals surface area contributed by atoms with Crippen molar-refractivity contribution in [1.29, 1.82) is 0 Å². The van der Waals surface area contributed by atoms with Crippen LogP contribution in [0.15, 0.2) is 18.2 Å². The van der Waals surface area contributed by atoms with E-state index in [1.54, 1.807) is 0 Å². The van der Waals surface area contributed by atoms with E-state index in [9.17, 15) is 4.79 Å². The van der Waals surface area contributed by atoms with Gasteiger partial charge in [0.2, 0.25) is 0 Å². The van der Waals surface area contributed by atoms with Gasteiger partial charge in [-0.1, -0.05) is 24.1 Å². The van der Waals surface area contributed by atoms with Gasteiger partial charge in [0.1, 0.15) is 0 Å². The fourth-order valence-electron chi connectivity index (χ4n) is 3.14. The minimum Gasteiger partial charge on any atom is -0.352 e. The van der Waals surface area contributed by atoms with Crippen LogP contribution in [0.25, 0.3) is 0 Å². The van der Waals surface area contributed by atoms with Crippen LogP contribution >= 0.6 is 0 Å². The van der Waals surface area contributed by atoms with E-state index in [1.807, 2.05) is 19.1 Å². The molecular formula is C18H28N2O. The van der Waals surface area contributed by atoms with Gasteiger partial charge in [0.15, 0.2) is 0 Å². The summed E-state index contributed by atoms with van der Waals surface area (Å²) in [5, 5.41) is 3.05. The average molecular weight is 288 g/mol. The maximum atomic E-state index is 12.2. The first-order valence-corrected chi connectivity index (χ1v) is 8.17. The Morgan fingerprint density at radius 3 is 2.86 bits per heavy atom. The van der Waals surface area contributed by atoms with Crippen molar-refractivity contribution in [1.82, 2.24) is 10.2 Å². The number of nitrogens with zero attached hydrogens (tertiary/aromatic N) is 1. The lowest BCUT2D eigenvalue weighted by Gasteiger charge is -2.33. The summed E-state index contributed by atoms with van der Waals surface area (Å²) >= 11 is 0. The summed E-state index contributed by atoms with van der Waals surface area (Å²) in [5.41, 5.74) is 3.05. The second-order valence-electron chi connectivity index (χ2n) is 6.31. The van der Waals surface area contributed by atoms with E-state index in [4.69, 9.17) is 0 Å². The number of aryl methyl sites for hydroxylation is 2. The molecule has 1 aliphatic heterocycles. The van der Waals surface area contributed by atoms with E-state index in [0.717, 1.165) is 30.6 Å². The fraction of sp³-hybridized carbons (Fsp3) is 0.611. The lowest BCUT2D eigenvalue weighted by Crippen LogP contribution is -2.39. The maximum absolute atomic E-state index is 12.2. The van der Waals surface area contributed by atoms with Crippen LogP contribution in [0.5, 0.6) is 0 Å². The topological polar surface area (TPSA) is 32.3 Å². The summed E-state index contributed by atoms with van der Waals surface area (Å²) in [7, 11) is 0. The quantitative estimate of drug-likeness (QED) is 0.843. The third kappa shape index (κ3) is 4.57. The molecule has 0 spiro atoms. The second-order valence-corrected chi connectivity index (χ2v) is 6.31. The Labute approximate surface area is 128 Å². The first-order valence-electron chi connectivity index (χ1n) is 8.17. The predicted octanol–water partition coefficient (Wildman–Crippen LogP) is 3.30. The molecule has 1 aromatic rings. The third-order valence-corrected chi connectivity index (χ3v) is 4.47. The first kappa shape index (κ1) is 16.0. The Morgan fingerprint density at radius 1 is 1.33 bits per heavy atom. The predicted molar refractivity (Wildman–Crippen MR) is 87.8 cm³/mol. The van der Waals surface area contributed by atoms with Crippen molar-refractivity contribution >= 4 is 5.91 Å². The second kappa shape index (κ2) is 7.60. The summed E-state index contributed by atoms with van der Waals surface area (Å²) in [4.78, 5) is 14.7. The molecule has 1 amide bonds. The molecule has 0 radical (unpaired) electrons. The molecule has 1 fully saturated rings. The van der Waals surface area contributed by atoms with Crippen molar-refractivity contribution in [3.05, 3.63) is 34.9 Å². The van der Waals surface area contributed by atoms with E-state index in [-0.39, 0.29) is 5.91 Å². The van der Waals surface area contributed by atoms with Gasteiger partial charge in [-0.25, -0.2) is 0 Å². The van der Waals surface area contributed by atoms with E-state index in [0.29, 0.717) is 6.04 Å². The monoisotopic (exact) mass is 288 g/mol. The van der Waals surface area contributed by atoms with Crippen molar-refractivity contribution < 1.29 is 4.79 Å². The minimum atomic E-state index is 0.0548. The van der Waals surface area contributed by atoms with Crippen molar-refractivity contribution in [2.45, 2.75) is 52.5 Å². The minimum absolute atomic E-state index is 0.0548. The Hall–Kier alpha value is -1.35. The molecule has 3 nitrogen and oxygen atoms in total. The molecular weight excluding hydrogens is 260 g/mol. The molecule has 1 aromatic carbocycles. The van der Waals surface area contributed by atoms with Gasteiger partial charge in [0, 0.05) is 24.7 Å². The number of carbonyl (C=O) groups excluding carboxylic acids is 1. The molecule has 116 valence electrons. The largest absolute Gasteiger partial charge is 0.352 e. The Balaban J connectivity index is 1.74. The third-order valence-electron chi connectivity index (χ3n) is 4.47. The first-order chi connectivity index (χ1) is 10.1. The lowest BCUT2D eigenvalue weighted by molar-refractivity contribution is 0.0948. The number of piperidine rings is 1. The van der Waals surface area contributed by atoms with Gasteiger partial charge >= 0.3 is 0 Å². The molecule has 0 aromatic heterocycles. The zero-order chi connectivity index (χ0) is 15.2. The molecule has 1 N–H and O–H groups in total. The van der Waals surface area contributed by atoms with E-state index < -0.39 is 0 Å². The molecule has 1 aliphatic rings. The van der Waals surface area contributed by atoms with Crippen LogP contribution < -0.4 is 5.32 Å². The van der Waals surface area contributed by atoms with Gasteiger partial charge in [-0.05, 0) is 58.2 Å². The van der Waals surface area contributed by atoms with Crippen LogP contribution in [0.4, 0.5) is 0 Å². The number of amides is 1. The number of rotatable bonds is 5. The van der Waals surface area contributed by atoms with Crippen LogP contribution in [0.2, 0.25) is 0 Å². The number of nitrogens with one attached hydrogen (secondary N) is 1. The van der Waals surface area contributed by atoms with Crippen LogP contribution in [-0.4, -0.2) is 36.5 Å². The van der Waals surface area contributed by atoms with Crippen molar-refractivity contribution in [3.63, 3.8) is 0 Å². The van der Waals surface area contributed by atoms with Crippen LogP contribution in [-0.2, 0) is 0 Å². The number of likely N-dealkylation sites (tertiary alicyclic amines) is 1. The highest BCUT2D eigenvalue weighted by atomic mass is 16.1. The molecule has 1 saturated heterocycles. The number of hydrogen-bond donors (Lipinski definition) is 1. The molecule has 1 unspecified atom stereocenters. The molecule has 0 saturated carbocycles. The van der Waals surface area contributed by atoms with Crippen molar-refractivity contribution in [3.8, 4) is 0 Å². The van der Waals surface area contributed by atoms with Gasteiger partial charge in [0.25, 0.3) is 5.91 Å². The summed E-state index contributed by atoms with van der Waals surface area (Å²) in [5.74, 6) is 0.0548. The summed E-state index contributed by atoms with van der Waals surface area (Å²) < 4.78 is 0.